The number of halogens is 1. The van der Waals surface area contributed by atoms with Crippen molar-refractivity contribution in [2.24, 2.45) is 11.8 Å². The maximum absolute atomic E-state index is 12.0. The topological polar surface area (TPSA) is 49.3 Å². The molecule has 0 aromatic heterocycles. The van der Waals surface area contributed by atoms with E-state index < -0.39 is 6.10 Å². The third-order valence-corrected chi connectivity index (χ3v) is 3.41. The summed E-state index contributed by atoms with van der Waals surface area (Å²) >= 11 is 5.83. The summed E-state index contributed by atoms with van der Waals surface area (Å²) in [6.07, 6.45) is 0.899. The van der Waals surface area contributed by atoms with Crippen LogP contribution in [0.25, 0.3) is 0 Å². The molecule has 3 nitrogen and oxygen atoms in total. The summed E-state index contributed by atoms with van der Waals surface area (Å²) in [5.74, 6) is 0.276. The van der Waals surface area contributed by atoms with E-state index in [2.05, 4.69) is 5.32 Å². The van der Waals surface area contributed by atoms with Crippen molar-refractivity contribution >= 4 is 17.5 Å². The van der Waals surface area contributed by atoms with Crippen molar-refractivity contribution in [3.63, 3.8) is 0 Å². The minimum atomic E-state index is -0.471. The molecular weight excluding hydrogens is 274 g/mol. The van der Waals surface area contributed by atoms with Crippen LogP contribution in [0.2, 0.25) is 5.02 Å². The lowest BCUT2D eigenvalue weighted by molar-refractivity contribution is -0.125. The molecule has 0 radical (unpaired) electrons. The first-order valence-electron chi connectivity index (χ1n) is 7.08. The van der Waals surface area contributed by atoms with E-state index >= 15 is 0 Å². The summed E-state index contributed by atoms with van der Waals surface area (Å²) < 4.78 is 0. The number of aliphatic hydroxyl groups is 1. The van der Waals surface area contributed by atoms with Crippen molar-refractivity contribution in [1.29, 1.82) is 0 Å². The van der Waals surface area contributed by atoms with Crippen LogP contribution in [0.15, 0.2) is 24.3 Å². The van der Waals surface area contributed by atoms with Crippen LogP contribution >= 0.6 is 11.6 Å². The second-order valence-electron chi connectivity index (χ2n) is 5.76. The minimum Gasteiger partial charge on any atom is -0.391 e. The highest BCUT2D eigenvalue weighted by Gasteiger charge is 2.15. The molecule has 0 saturated heterocycles. The molecule has 0 heterocycles. The molecule has 2 atom stereocenters. The summed E-state index contributed by atoms with van der Waals surface area (Å²) in [7, 11) is 0. The quantitative estimate of drug-likeness (QED) is 0.813. The maximum Gasteiger partial charge on any atom is 0.223 e. The molecule has 0 aliphatic rings. The Morgan fingerprint density at radius 2 is 1.85 bits per heavy atom. The van der Waals surface area contributed by atoms with Crippen molar-refractivity contribution in [3.05, 3.63) is 34.9 Å². The van der Waals surface area contributed by atoms with Gasteiger partial charge in [0.1, 0.15) is 0 Å². The number of hydrogen-bond acceptors (Lipinski definition) is 2. The second-order valence-corrected chi connectivity index (χ2v) is 6.20. The van der Waals surface area contributed by atoms with Crippen molar-refractivity contribution in [1.82, 2.24) is 5.32 Å². The lowest BCUT2D eigenvalue weighted by Crippen LogP contribution is -2.36. The van der Waals surface area contributed by atoms with Gasteiger partial charge in [0, 0.05) is 17.5 Å². The average Bonchev–Trinajstić information content (AvgIpc) is 2.37. The summed E-state index contributed by atoms with van der Waals surface area (Å²) in [6, 6.07) is 7.52. The smallest absolute Gasteiger partial charge is 0.223 e. The number of aliphatic hydroxyl groups excluding tert-OH is 1. The summed E-state index contributed by atoms with van der Waals surface area (Å²) in [5.41, 5.74) is 1.08. The molecule has 2 N–H and O–H groups in total. The molecule has 0 aliphatic carbocycles. The molecule has 20 heavy (non-hydrogen) atoms. The SMILES string of the molecule is CC(C)CC(O)CNC(=O)C(C)Cc1ccc(Cl)cc1. The van der Waals surface area contributed by atoms with Gasteiger partial charge in [0.05, 0.1) is 6.10 Å². The van der Waals surface area contributed by atoms with Gasteiger partial charge in [-0.1, -0.05) is 44.5 Å². The Labute approximate surface area is 126 Å². The van der Waals surface area contributed by atoms with Crippen LogP contribution in [0.5, 0.6) is 0 Å². The van der Waals surface area contributed by atoms with Gasteiger partial charge in [0.15, 0.2) is 0 Å². The molecule has 112 valence electrons. The van der Waals surface area contributed by atoms with Crippen molar-refractivity contribution in [3.8, 4) is 0 Å². The van der Waals surface area contributed by atoms with Gasteiger partial charge in [-0.05, 0) is 36.5 Å². The van der Waals surface area contributed by atoms with Gasteiger partial charge < -0.3 is 10.4 Å². The number of hydrogen-bond donors (Lipinski definition) is 2. The van der Waals surface area contributed by atoms with E-state index in [1.807, 2.05) is 45.0 Å². The Bertz CT molecular complexity index is 417. The summed E-state index contributed by atoms with van der Waals surface area (Å²) in [5, 5.41) is 13.2. The number of nitrogens with one attached hydrogen (secondary N) is 1. The molecule has 1 amide bonds. The molecular formula is C16H24ClNO2. The molecule has 0 aliphatic heterocycles. The first-order chi connectivity index (χ1) is 9.38. The first-order valence-corrected chi connectivity index (χ1v) is 7.46. The predicted molar refractivity (Wildman–Crippen MR) is 82.8 cm³/mol. The van der Waals surface area contributed by atoms with E-state index in [1.54, 1.807) is 0 Å². The zero-order valence-electron chi connectivity index (χ0n) is 12.4. The number of benzene rings is 1. The van der Waals surface area contributed by atoms with Gasteiger partial charge in [-0.3, -0.25) is 4.79 Å². The van der Waals surface area contributed by atoms with E-state index in [0.29, 0.717) is 30.3 Å². The fourth-order valence-corrected chi connectivity index (χ4v) is 2.21. The molecule has 1 aromatic rings. The Morgan fingerprint density at radius 3 is 2.40 bits per heavy atom. The van der Waals surface area contributed by atoms with Crippen molar-refractivity contribution in [2.45, 2.75) is 39.7 Å². The fraction of sp³-hybridized carbons (Fsp3) is 0.562. The number of carbonyl (C=O) groups excluding carboxylic acids is 1. The molecule has 0 saturated carbocycles. The predicted octanol–water partition coefficient (Wildman–Crippen LogP) is 3.04. The van der Waals surface area contributed by atoms with Gasteiger partial charge >= 0.3 is 0 Å². The number of amides is 1. The molecule has 1 aromatic carbocycles. The summed E-state index contributed by atoms with van der Waals surface area (Å²) in [4.78, 5) is 12.0. The van der Waals surface area contributed by atoms with Crippen LogP contribution in [0, 0.1) is 11.8 Å². The fourth-order valence-electron chi connectivity index (χ4n) is 2.09. The van der Waals surface area contributed by atoms with Crippen molar-refractivity contribution in [2.75, 3.05) is 6.54 Å². The van der Waals surface area contributed by atoms with E-state index in [4.69, 9.17) is 11.6 Å². The van der Waals surface area contributed by atoms with Crippen LogP contribution in [-0.4, -0.2) is 23.7 Å². The largest absolute Gasteiger partial charge is 0.391 e. The highest BCUT2D eigenvalue weighted by Crippen LogP contribution is 2.13. The molecule has 0 fully saturated rings. The maximum atomic E-state index is 12.0. The normalized spacial score (nSPS) is 14.1. The lowest BCUT2D eigenvalue weighted by Gasteiger charge is -2.16. The molecule has 4 heteroatoms. The monoisotopic (exact) mass is 297 g/mol. The van der Waals surface area contributed by atoms with Crippen LogP contribution in [0.4, 0.5) is 0 Å². The minimum absolute atomic E-state index is 0.0252. The average molecular weight is 298 g/mol. The van der Waals surface area contributed by atoms with E-state index in [9.17, 15) is 9.90 Å². The number of carbonyl (C=O) groups is 1. The second kappa shape index (κ2) is 8.28. The Balaban J connectivity index is 2.37. The van der Waals surface area contributed by atoms with Gasteiger partial charge in [-0.25, -0.2) is 0 Å². The standard InChI is InChI=1S/C16H24ClNO2/c1-11(2)8-15(19)10-18-16(20)12(3)9-13-4-6-14(17)7-5-13/h4-7,11-12,15,19H,8-10H2,1-3H3,(H,18,20). The van der Waals surface area contributed by atoms with Crippen LogP contribution < -0.4 is 5.32 Å². The van der Waals surface area contributed by atoms with Gasteiger partial charge in [0.2, 0.25) is 5.91 Å². The van der Waals surface area contributed by atoms with Crippen LogP contribution in [0.3, 0.4) is 0 Å². The Kier molecular flexibility index (Phi) is 7.03. The van der Waals surface area contributed by atoms with E-state index in [1.165, 1.54) is 0 Å². The van der Waals surface area contributed by atoms with Gasteiger partial charge in [-0.2, -0.15) is 0 Å². The van der Waals surface area contributed by atoms with E-state index in [-0.39, 0.29) is 11.8 Å². The van der Waals surface area contributed by atoms with Crippen LogP contribution in [0.1, 0.15) is 32.8 Å². The molecule has 0 spiro atoms. The Morgan fingerprint density at radius 1 is 1.25 bits per heavy atom. The molecule has 2 unspecified atom stereocenters. The van der Waals surface area contributed by atoms with Crippen LogP contribution in [-0.2, 0) is 11.2 Å². The first kappa shape index (κ1) is 17.0. The highest BCUT2D eigenvalue weighted by atomic mass is 35.5. The number of rotatable bonds is 7. The third-order valence-electron chi connectivity index (χ3n) is 3.16. The van der Waals surface area contributed by atoms with Crippen molar-refractivity contribution < 1.29 is 9.90 Å². The highest BCUT2D eigenvalue weighted by molar-refractivity contribution is 6.30. The lowest BCUT2D eigenvalue weighted by atomic mass is 10.00. The zero-order chi connectivity index (χ0) is 15.1. The molecule has 1 rings (SSSR count). The zero-order valence-corrected chi connectivity index (χ0v) is 13.2. The molecule has 0 bridgehead atoms. The summed E-state index contributed by atoms with van der Waals surface area (Å²) in [6.45, 7) is 6.31. The van der Waals surface area contributed by atoms with E-state index in [0.717, 1.165) is 5.56 Å². The Hall–Kier alpha value is -1.06. The third kappa shape index (κ3) is 6.40. The van der Waals surface area contributed by atoms with Gasteiger partial charge in [0.25, 0.3) is 0 Å². The van der Waals surface area contributed by atoms with Gasteiger partial charge in [-0.15, -0.1) is 0 Å².